The Hall–Kier alpha value is -3.92. The largest absolute Gasteiger partial charge is 0.459 e. The number of nitrogens with zero attached hydrogens (tertiary/aromatic N) is 6. The first-order valence-electron chi connectivity index (χ1n) is 11.9. The highest BCUT2D eigenvalue weighted by molar-refractivity contribution is 7.23. The molecule has 38 heavy (non-hydrogen) atoms. The van der Waals surface area contributed by atoms with E-state index in [1.165, 1.54) is 29.0 Å². The summed E-state index contributed by atoms with van der Waals surface area (Å²) in [7, 11) is 0. The molecule has 1 fully saturated rings. The number of primary amides is 1. The number of carbonyl (C=O) groups excluding carboxylic acids is 1. The maximum Gasteiger partial charge on any atom is 0.254 e. The maximum atomic E-state index is 12.8. The molecule has 1 aliphatic heterocycles. The Labute approximate surface area is 223 Å². The molecule has 0 aromatic carbocycles. The number of ether oxygens (including phenoxy) is 1. The number of nitrogens with two attached hydrogens (primary N) is 1. The van der Waals surface area contributed by atoms with Crippen LogP contribution in [0.5, 0.6) is 0 Å². The lowest BCUT2D eigenvalue weighted by Gasteiger charge is -2.27. The monoisotopic (exact) mass is 554 g/mol. The van der Waals surface area contributed by atoms with Gasteiger partial charge in [-0.2, -0.15) is 0 Å². The van der Waals surface area contributed by atoms with Gasteiger partial charge in [0.2, 0.25) is 11.4 Å². The van der Waals surface area contributed by atoms with Crippen molar-refractivity contribution in [2.75, 3.05) is 49.6 Å². The lowest BCUT2D eigenvalue weighted by Crippen LogP contribution is -2.53. The molecule has 196 valence electrons. The minimum atomic E-state index is -0.639. The first-order chi connectivity index (χ1) is 18.5. The third-order valence-corrected chi connectivity index (χ3v) is 8.34. The summed E-state index contributed by atoms with van der Waals surface area (Å²) in [5, 5.41) is 12.8. The predicted molar refractivity (Wildman–Crippen MR) is 143 cm³/mol. The van der Waals surface area contributed by atoms with Crippen molar-refractivity contribution in [3.63, 3.8) is 0 Å². The molecule has 6 heterocycles. The standard InChI is InChI=1S/C23H23N9O4S2/c24-1-2-26-23-29-14(17(20(25)34)21-30-28-11-32(21)23)7-12-9-27-22(37-12)13-10-36-18-15(33)8-16(38-19(13)18)31-3-5-35-6-4-31/h8-11H,1-7,24H2,(H2,25,34)(H,26,29)/p+1. The van der Waals surface area contributed by atoms with Crippen LogP contribution in [-0.4, -0.2) is 69.9 Å². The molecular weight excluding hydrogens is 530 g/mol. The molecule has 0 atom stereocenters. The first kappa shape index (κ1) is 24.4. The molecule has 0 spiro atoms. The summed E-state index contributed by atoms with van der Waals surface area (Å²) >= 11 is 2.94. The number of thiazole rings is 1. The number of furan rings is 1. The number of hydrogen-bond acceptors (Lipinski definition) is 12. The van der Waals surface area contributed by atoms with Crippen molar-refractivity contribution < 1.29 is 19.7 Å². The second-order valence-electron chi connectivity index (χ2n) is 8.59. The molecule has 0 bridgehead atoms. The number of anilines is 2. The van der Waals surface area contributed by atoms with Gasteiger partial charge in [-0.1, -0.05) is 0 Å². The van der Waals surface area contributed by atoms with Crippen molar-refractivity contribution >= 4 is 55.5 Å². The van der Waals surface area contributed by atoms with Crippen LogP contribution in [0.1, 0.15) is 20.9 Å². The second-order valence-corrected chi connectivity index (χ2v) is 10.7. The topological polar surface area (TPSA) is 181 Å². The van der Waals surface area contributed by atoms with E-state index in [2.05, 4.69) is 36.1 Å². The Morgan fingerprint density at radius 3 is 2.89 bits per heavy atom. The van der Waals surface area contributed by atoms with E-state index in [0.29, 0.717) is 60.6 Å². The van der Waals surface area contributed by atoms with Crippen molar-refractivity contribution in [2.45, 2.75) is 6.42 Å². The summed E-state index contributed by atoms with van der Waals surface area (Å²) in [5.41, 5.74) is 11.5. The van der Waals surface area contributed by atoms with Gasteiger partial charge in [0, 0.05) is 36.7 Å². The van der Waals surface area contributed by atoms with E-state index < -0.39 is 5.91 Å². The summed E-state index contributed by atoms with van der Waals surface area (Å²) in [6, 6.07) is 1.62. The van der Waals surface area contributed by atoms with Crippen LogP contribution in [0.4, 0.5) is 10.9 Å². The Balaban J connectivity index is 1.36. The maximum absolute atomic E-state index is 12.8. The van der Waals surface area contributed by atoms with Gasteiger partial charge < -0.3 is 30.8 Å². The number of quaternary nitrogens is 1. The van der Waals surface area contributed by atoms with Crippen molar-refractivity contribution in [1.82, 2.24) is 24.6 Å². The predicted octanol–water partition coefficient (Wildman–Crippen LogP) is 0.596. The lowest BCUT2D eigenvalue weighted by atomic mass is 10.1. The molecule has 0 unspecified atom stereocenters. The van der Waals surface area contributed by atoms with Crippen LogP contribution in [0.15, 0.2) is 34.1 Å². The Morgan fingerprint density at radius 2 is 2.11 bits per heavy atom. The zero-order valence-corrected chi connectivity index (χ0v) is 21.8. The van der Waals surface area contributed by atoms with Crippen LogP contribution in [0.2, 0.25) is 0 Å². The Bertz CT molecular complexity index is 1700. The number of morpholine rings is 1. The Morgan fingerprint density at radius 1 is 1.26 bits per heavy atom. The average molecular weight is 555 g/mol. The van der Waals surface area contributed by atoms with E-state index in [1.807, 2.05) is 0 Å². The fourth-order valence-corrected chi connectivity index (χ4v) is 6.50. The molecule has 0 radical (unpaired) electrons. The average Bonchev–Trinajstić information content (AvgIpc) is 3.67. The number of amides is 1. The highest BCUT2D eigenvalue weighted by Gasteiger charge is 2.23. The number of nitrogens with one attached hydrogen (secondary N) is 1. The zero-order chi connectivity index (χ0) is 26.2. The first-order valence-corrected chi connectivity index (χ1v) is 13.6. The number of hydrogen-bond donors (Lipinski definition) is 3. The third kappa shape index (κ3) is 4.38. The van der Waals surface area contributed by atoms with Crippen molar-refractivity contribution in [2.24, 2.45) is 5.73 Å². The molecule has 13 nitrogen and oxygen atoms in total. The van der Waals surface area contributed by atoms with Crippen molar-refractivity contribution in [3.05, 3.63) is 51.2 Å². The molecule has 1 saturated heterocycles. The molecule has 6 rings (SSSR count). The van der Waals surface area contributed by atoms with E-state index in [4.69, 9.17) is 14.9 Å². The summed E-state index contributed by atoms with van der Waals surface area (Å²) in [6.45, 7) is 3.95. The van der Waals surface area contributed by atoms with Crippen LogP contribution in [0.3, 0.4) is 0 Å². The normalized spacial score (nSPS) is 14.0. The van der Waals surface area contributed by atoms with E-state index in [9.17, 15) is 9.59 Å². The van der Waals surface area contributed by atoms with E-state index in [0.717, 1.165) is 33.2 Å². The van der Waals surface area contributed by atoms with Crippen LogP contribution in [0, 0.1) is 0 Å². The summed E-state index contributed by atoms with van der Waals surface area (Å²) in [6.07, 6.45) is 5.10. The SMILES string of the molecule is NC(=O)c1c(Cc2cnc(-c3coc4c(=O)cc(N5CCOCC5)sc34)s2)nc(NCC[NH3+])n2cnnc12. The van der Waals surface area contributed by atoms with Crippen LogP contribution in [0.25, 0.3) is 26.5 Å². The highest BCUT2D eigenvalue weighted by atomic mass is 32.1. The van der Waals surface area contributed by atoms with Crippen LogP contribution in [-0.2, 0) is 11.2 Å². The van der Waals surface area contributed by atoms with E-state index in [-0.39, 0.29) is 11.0 Å². The van der Waals surface area contributed by atoms with Gasteiger partial charge in [0.15, 0.2) is 11.2 Å². The van der Waals surface area contributed by atoms with Gasteiger partial charge in [0.1, 0.15) is 23.2 Å². The van der Waals surface area contributed by atoms with Crippen molar-refractivity contribution in [1.29, 1.82) is 0 Å². The number of aromatic nitrogens is 5. The second kappa shape index (κ2) is 10.1. The minimum Gasteiger partial charge on any atom is -0.459 e. The highest BCUT2D eigenvalue weighted by Crippen LogP contribution is 2.38. The molecule has 1 aliphatic rings. The van der Waals surface area contributed by atoms with Gasteiger partial charge in [0.05, 0.1) is 47.3 Å². The van der Waals surface area contributed by atoms with Gasteiger partial charge in [0.25, 0.3) is 5.91 Å². The van der Waals surface area contributed by atoms with Gasteiger partial charge in [-0.25, -0.2) is 9.97 Å². The molecular formula is C23H24N9O4S2+. The van der Waals surface area contributed by atoms with Crippen LogP contribution < -0.4 is 27.1 Å². The minimum absolute atomic E-state index is 0.164. The molecule has 0 aliphatic carbocycles. The van der Waals surface area contributed by atoms with Gasteiger partial charge >= 0.3 is 0 Å². The smallest absolute Gasteiger partial charge is 0.254 e. The summed E-state index contributed by atoms with van der Waals surface area (Å²) < 4.78 is 13.5. The molecule has 5 aromatic rings. The molecule has 0 saturated carbocycles. The summed E-state index contributed by atoms with van der Waals surface area (Å²) in [5.74, 6) is -0.139. The van der Waals surface area contributed by atoms with E-state index in [1.54, 1.807) is 22.9 Å². The lowest BCUT2D eigenvalue weighted by molar-refractivity contribution is -0.362. The quantitative estimate of drug-likeness (QED) is 0.246. The number of rotatable bonds is 8. The van der Waals surface area contributed by atoms with Gasteiger partial charge in [-0.05, 0) is 0 Å². The zero-order valence-electron chi connectivity index (χ0n) is 20.2. The fourth-order valence-electron chi connectivity index (χ4n) is 4.33. The molecule has 5 aromatic heterocycles. The summed E-state index contributed by atoms with van der Waals surface area (Å²) in [4.78, 5) is 37.5. The Kier molecular flexibility index (Phi) is 6.49. The number of carbonyl (C=O) groups is 1. The van der Waals surface area contributed by atoms with Gasteiger partial charge in [-0.3, -0.25) is 14.0 Å². The van der Waals surface area contributed by atoms with Crippen LogP contribution >= 0.6 is 22.7 Å². The van der Waals surface area contributed by atoms with Crippen molar-refractivity contribution in [3.8, 4) is 10.6 Å². The molecule has 15 heteroatoms. The number of fused-ring (bicyclic) bond motifs is 2. The molecule has 6 N–H and O–H groups in total. The molecule has 1 amide bonds. The van der Waals surface area contributed by atoms with E-state index >= 15 is 0 Å². The third-order valence-electron chi connectivity index (χ3n) is 6.11. The van der Waals surface area contributed by atoms with Gasteiger partial charge in [-0.15, -0.1) is 32.9 Å². The fraction of sp³-hybridized carbons (Fsp3) is 0.304.